The van der Waals surface area contributed by atoms with Crippen molar-refractivity contribution in [3.8, 4) is 11.3 Å². The van der Waals surface area contributed by atoms with E-state index in [4.69, 9.17) is 31.1 Å². The second-order valence-corrected chi connectivity index (χ2v) is 8.33. The highest BCUT2D eigenvalue weighted by molar-refractivity contribution is 6.30. The molecule has 1 aliphatic rings. The first-order valence-corrected chi connectivity index (χ1v) is 11.1. The lowest BCUT2D eigenvalue weighted by molar-refractivity contribution is 0.463. The van der Waals surface area contributed by atoms with Gasteiger partial charge in [-0.15, -0.1) is 0 Å². The minimum atomic E-state index is -0.130. The van der Waals surface area contributed by atoms with Gasteiger partial charge in [0.25, 0.3) is 0 Å². The van der Waals surface area contributed by atoms with Gasteiger partial charge in [-0.2, -0.15) is 5.10 Å². The topological polar surface area (TPSA) is 54.5 Å². The Morgan fingerprint density at radius 3 is 2.36 bits per heavy atom. The third-order valence-electron chi connectivity index (χ3n) is 5.80. The van der Waals surface area contributed by atoms with Gasteiger partial charge in [-0.1, -0.05) is 72.3 Å². The predicted molar refractivity (Wildman–Crippen MR) is 132 cm³/mol. The quantitative estimate of drug-likeness (QED) is 0.299. The molecule has 2 aromatic heterocycles. The van der Waals surface area contributed by atoms with Gasteiger partial charge in [0.05, 0.1) is 23.2 Å². The van der Waals surface area contributed by atoms with Crippen molar-refractivity contribution in [2.45, 2.75) is 12.5 Å². The van der Waals surface area contributed by atoms with Crippen LogP contribution in [-0.4, -0.2) is 15.7 Å². The van der Waals surface area contributed by atoms with Crippen molar-refractivity contribution in [1.82, 2.24) is 9.97 Å². The number of hydrogen-bond acceptors (Lipinski definition) is 5. The molecule has 0 aliphatic carbocycles. The monoisotopic (exact) mass is 450 g/mol. The molecule has 0 amide bonds. The van der Waals surface area contributed by atoms with Crippen molar-refractivity contribution >= 4 is 34.2 Å². The molecular formula is C27H19ClN4O. The molecule has 0 saturated carbocycles. The minimum absolute atomic E-state index is 0.130. The first-order chi connectivity index (χ1) is 16.3. The fourth-order valence-electron chi connectivity index (χ4n) is 4.20. The Morgan fingerprint density at radius 1 is 0.788 bits per heavy atom. The Balaban J connectivity index is 1.53. The molecule has 1 atom stereocenters. The highest BCUT2D eigenvalue weighted by atomic mass is 35.5. The third-order valence-corrected chi connectivity index (χ3v) is 6.05. The normalized spacial score (nSPS) is 15.7. The van der Waals surface area contributed by atoms with Crippen molar-refractivity contribution < 1.29 is 4.42 Å². The summed E-state index contributed by atoms with van der Waals surface area (Å²) in [5.41, 5.74) is 4.72. The van der Waals surface area contributed by atoms with Crippen LogP contribution in [0, 0.1) is 0 Å². The van der Waals surface area contributed by atoms with E-state index < -0.39 is 0 Å². The van der Waals surface area contributed by atoms with Crippen LogP contribution in [-0.2, 0) is 0 Å². The van der Waals surface area contributed by atoms with Gasteiger partial charge in [-0.25, -0.2) is 15.0 Å². The standard InChI is InChI=1S/C27H19ClN4O/c28-20-14-12-19(13-15-20)26-21-9-4-5-10-22(21)29-27(30-26)32-24(25-11-6-16-33-25)17-23(31-32)18-7-2-1-3-8-18/h1-16,24H,17H2. The van der Waals surface area contributed by atoms with Crippen molar-refractivity contribution in [3.63, 3.8) is 0 Å². The van der Waals surface area contributed by atoms with E-state index in [0.717, 1.165) is 39.2 Å². The highest BCUT2D eigenvalue weighted by Gasteiger charge is 2.34. The number of halogens is 1. The summed E-state index contributed by atoms with van der Waals surface area (Å²) in [7, 11) is 0. The molecule has 0 fully saturated rings. The fourth-order valence-corrected chi connectivity index (χ4v) is 4.32. The molecule has 1 aliphatic heterocycles. The molecule has 160 valence electrons. The Morgan fingerprint density at radius 2 is 1.58 bits per heavy atom. The van der Waals surface area contributed by atoms with Gasteiger partial charge in [0.15, 0.2) is 0 Å². The van der Waals surface area contributed by atoms with Gasteiger partial charge in [-0.05, 0) is 35.9 Å². The van der Waals surface area contributed by atoms with Gasteiger partial charge in [0.1, 0.15) is 11.8 Å². The largest absolute Gasteiger partial charge is 0.467 e. The third kappa shape index (κ3) is 3.66. The Hall–Kier alpha value is -3.96. The molecule has 6 rings (SSSR count). The summed E-state index contributed by atoms with van der Waals surface area (Å²) in [5.74, 6) is 1.36. The fraction of sp³-hybridized carbons (Fsp3) is 0.0741. The van der Waals surface area contributed by atoms with Crippen LogP contribution in [0.1, 0.15) is 23.8 Å². The number of hydrazone groups is 1. The zero-order valence-electron chi connectivity index (χ0n) is 17.6. The average Bonchev–Trinajstić information content (AvgIpc) is 3.55. The lowest BCUT2D eigenvalue weighted by Gasteiger charge is -2.21. The molecule has 6 heteroatoms. The Bertz CT molecular complexity index is 1450. The number of nitrogens with zero attached hydrogens (tertiary/aromatic N) is 4. The number of benzene rings is 3. The van der Waals surface area contributed by atoms with Crippen molar-refractivity contribution in [2.75, 3.05) is 5.01 Å². The molecule has 0 radical (unpaired) electrons. The number of fused-ring (bicyclic) bond motifs is 1. The van der Waals surface area contributed by atoms with Crippen molar-refractivity contribution in [2.24, 2.45) is 5.10 Å². The van der Waals surface area contributed by atoms with Crippen LogP contribution in [0.15, 0.2) is 107 Å². The van der Waals surface area contributed by atoms with Crippen LogP contribution in [0.2, 0.25) is 5.02 Å². The predicted octanol–water partition coefficient (Wildman–Crippen LogP) is 6.90. The molecule has 5 nitrogen and oxygen atoms in total. The molecule has 0 bridgehead atoms. The summed E-state index contributed by atoms with van der Waals surface area (Å²) in [6.07, 6.45) is 2.39. The van der Waals surface area contributed by atoms with E-state index in [1.54, 1.807) is 6.26 Å². The maximum Gasteiger partial charge on any atom is 0.248 e. The Kier molecular flexibility index (Phi) is 4.89. The van der Waals surface area contributed by atoms with Crippen molar-refractivity contribution in [1.29, 1.82) is 0 Å². The van der Waals surface area contributed by atoms with Crippen LogP contribution in [0.25, 0.3) is 22.2 Å². The van der Waals surface area contributed by atoms with Gasteiger partial charge >= 0.3 is 0 Å². The number of anilines is 1. The molecule has 5 aromatic rings. The summed E-state index contributed by atoms with van der Waals surface area (Å²) >= 11 is 6.13. The number of rotatable bonds is 4. The summed E-state index contributed by atoms with van der Waals surface area (Å²) in [6.45, 7) is 0. The number of furan rings is 1. The Labute approximate surface area is 196 Å². The highest BCUT2D eigenvalue weighted by Crippen LogP contribution is 2.37. The van der Waals surface area contributed by atoms with Crippen LogP contribution < -0.4 is 5.01 Å². The molecule has 0 N–H and O–H groups in total. The lowest BCUT2D eigenvalue weighted by atomic mass is 10.0. The first-order valence-electron chi connectivity index (χ1n) is 10.7. The summed E-state index contributed by atoms with van der Waals surface area (Å²) < 4.78 is 5.78. The zero-order chi connectivity index (χ0) is 22.2. The molecule has 0 spiro atoms. The lowest BCUT2D eigenvalue weighted by Crippen LogP contribution is -2.20. The van der Waals surface area contributed by atoms with Crippen molar-refractivity contribution in [3.05, 3.63) is 114 Å². The van der Waals surface area contributed by atoms with E-state index in [2.05, 4.69) is 12.1 Å². The second-order valence-electron chi connectivity index (χ2n) is 7.89. The summed E-state index contributed by atoms with van der Waals surface area (Å²) in [5, 5.41) is 8.51. The molecule has 0 saturated heterocycles. The van der Waals surface area contributed by atoms with Gasteiger partial charge in [0, 0.05) is 22.4 Å². The number of aromatic nitrogens is 2. The second kappa shape index (κ2) is 8.19. The van der Waals surface area contributed by atoms with E-state index in [9.17, 15) is 0 Å². The van der Waals surface area contributed by atoms with E-state index in [1.165, 1.54) is 0 Å². The number of para-hydroxylation sites is 1. The van der Waals surface area contributed by atoms with Gasteiger partial charge < -0.3 is 4.42 Å². The smallest absolute Gasteiger partial charge is 0.248 e. The summed E-state index contributed by atoms with van der Waals surface area (Å²) in [6, 6.07) is 29.7. The van der Waals surface area contributed by atoms with Gasteiger partial charge in [0.2, 0.25) is 5.95 Å². The SMILES string of the molecule is Clc1ccc(-c2nc(N3N=C(c4ccccc4)CC3c3ccco3)nc3ccccc23)cc1. The van der Waals surface area contributed by atoms with Gasteiger partial charge in [-0.3, -0.25) is 0 Å². The molecule has 33 heavy (non-hydrogen) atoms. The summed E-state index contributed by atoms with van der Waals surface area (Å²) in [4.78, 5) is 9.88. The average molecular weight is 451 g/mol. The molecule has 1 unspecified atom stereocenters. The van der Waals surface area contributed by atoms with E-state index >= 15 is 0 Å². The first kappa shape index (κ1) is 19.7. The van der Waals surface area contributed by atoms with E-state index in [0.29, 0.717) is 17.4 Å². The van der Waals surface area contributed by atoms with E-state index in [1.807, 2.05) is 83.9 Å². The van der Waals surface area contributed by atoms with Crippen LogP contribution >= 0.6 is 11.6 Å². The minimum Gasteiger partial charge on any atom is -0.467 e. The number of hydrogen-bond donors (Lipinski definition) is 0. The maximum absolute atomic E-state index is 6.13. The van der Waals surface area contributed by atoms with E-state index in [-0.39, 0.29) is 6.04 Å². The zero-order valence-corrected chi connectivity index (χ0v) is 18.4. The molecule has 3 aromatic carbocycles. The van der Waals surface area contributed by atoms with Crippen LogP contribution in [0.4, 0.5) is 5.95 Å². The molecular weight excluding hydrogens is 432 g/mol. The van der Waals surface area contributed by atoms with Crippen LogP contribution in [0.3, 0.4) is 0 Å². The van der Waals surface area contributed by atoms with Crippen LogP contribution in [0.5, 0.6) is 0 Å². The molecule has 3 heterocycles. The maximum atomic E-state index is 6.13.